The summed E-state index contributed by atoms with van der Waals surface area (Å²) in [7, 11) is -11.0. The molecule has 1 aliphatic heterocycles. The number of aromatic nitrogens is 4. The van der Waals surface area contributed by atoms with Crippen LogP contribution in [0, 0.1) is 0 Å². The zero-order valence-electron chi connectivity index (χ0n) is 14.2. The van der Waals surface area contributed by atoms with Crippen LogP contribution in [0.2, 0.25) is 0 Å². The summed E-state index contributed by atoms with van der Waals surface area (Å²) in [6, 6.07) is 0. The van der Waals surface area contributed by atoms with Crippen LogP contribution >= 0.6 is 15.6 Å². The number of nitrogen functional groups attached to an aromatic ring is 1. The van der Waals surface area contributed by atoms with Crippen LogP contribution in [0.5, 0.6) is 0 Å². The molecule has 0 bridgehead atoms. The number of hydrogen-bond donors (Lipinski definition) is 4. The van der Waals surface area contributed by atoms with Crippen molar-refractivity contribution in [3.8, 4) is 0 Å². The number of nitrogens with zero attached hydrogens (tertiary/aromatic N) is 3. The molecule has 0 spiro atoms. The standard InChI is InChI=1S/C10H15N5O10P2.Na/c11-10-13-8-7(9(17)14-10)12-3-15(8)6-1-4(16)5(24-6)2-23-27(21,22)25-26(18,19)20;/h3-6,16H,1-2H2,(H,21,22)(H2,18,19,20)(H3,11,13,14,17);/q;+1/p-2/t4-,5+,6+;/m0./s1. The second-order valence-corrected chi connectivity index (χ2v) is 8.24. The van der Waals surface area contributed by atoms with Gasteiger partial charge in [0.15, 0.2) is 11.2 Å². The second kappa shape index (κ2) is 8.60. The fourth-order valence-corrected chi connectivity index (χ4v) is 4.03. The van der Waals surface area contributed by atoms with E-state index in [9.17, 15) is 28.8 Å². The van der Waals surface area contributed by atoms with Crippen molar-refractivity contribution in [1.29, 1.82) is 0 Å². The van der Waals surface area contributed by atoms with Crippen LogP contribution in [0.15, 0.2) is 11.1 Å². The first-order valence-corrected chi connectivity index (χ1v) is 10.2. The van der Waals surface area contributed by atoms with E-state index >= 15 is 0 Å². The van der Waals surface area contributed by atoms with Crippen LogP contribution in [0.25, 0.3) is 11.2 Å². The predicted octanol–water partition coefficient (Wildman–Crippen LogP) is -5.68. The summed E-state index contributed by atoms with van der Waals surface area (Å²) in [6.45, 7) is -0.790. The molecule has 3 rings (SSSR count). The van der Waals surface area contributed by atoms with Crippen molar-refractivity contribution in [3.05, 3.63) is 16.7 Å². The van der Waals surface area contributed by atoms with Gasteiger partial charge in [-0.2, -0.15) is 4.98 Å². The average Bonchev–Trinajstić information content (AvgIpc) is 3.06. The maximum absolute atomic E-state index is 11.8. The van der Waals surface area contributed by atoms with Crippen molar-refractivity contribution in [2.75, 3.05) is 12.3 Å². The summed E-state index contributed by atoms with van der Waals surface area (Å²) < 4.78 is 36.3. The normalized spacial score (nSPS) is 26.5. The molecular formula is C10H13N5NaO10P2-. The van der Waals surface area contributed by atoms with Gasteiger partial charge in [-0.05, 0) is 0 Å². The monoisotopic (exact) mass is 448 g/mol. The molecule has 28 heavy (non-hydrogen) atoms. The van der Waals surface area contributed by atoms with Crippen molar-refractivity contribution in [2.45, 2.75) is 24.9 Å². The summed E-state index contributed by atoms with van der Waals surface area (Å²) >= 11 is 0. The summed E-state index contributed by atoms with van der Waals surface area (Å²) in [5.74, 6) is -0.164. The van der Waals surface area contributed by atoms with Gasteiger partial charge in [0.25, 0.3) is 21.2 Å². The third-order valence-corrected chi connectivity index (χ3v) is 5.66. The molecule has 0 aliphatic carbocycles. The van der Waals surface area contributed by atoms with Crippen molar-refractivity contribution in [3.63, 3.8) is 0 Å². The number of imidazole rings is 1. The Bertz CT molecular complexity index is 1010. The van der Waals surface area contributed by atoms with E-state index in [1.165, 1.54) is 10.9 Å². The molecule has 1 aliphatic rings. The van der Waals surface area contributed by atoms with Crippen molar-refractivity contribution in [2.24, 2.45) is 0 Å². The third kappa shape index (κ3) is 5.48. The molecule has 2 aromatic heterocycles. The molecule has 2 aromatic rings. The van der Waals surface area contributed by atoms with Crippen molar-refractivity contribution in [1.82, 2.24) is 19.5 Å². The van der Waals surface area contributed by atoms with E-state index in [-0.39, 0.29) is 53.1 Å². The Morgan fingerprint density at radius 2 is 2.14 bits per heavy atom. The number of ether oxygens (including phenoxy) is 1. The first-order valence-electron chi connectivity index (χ1n) is 7.22. The van der Waals surface area contributed by atoms with Gasteiger partial charge in [0, 0.05) is 6.42 Å². The second-order valence-electron chi connectivity index (χ2n) is 5.50. The molecule has 0 amide bonds. The largest absolute Gasteiger partial charge is 1.00 e. The first-order chi connectivity index (χ1) is 12.5. The number of nitrogens with two attached hydrogens (primary N) is 1. The molecule has 5 atom stereocenters. The Balaban J connectivity index is 0.00000280. The fourth-order valence-electron chi connectivity index (χ4n) is 2.50. The van der Waals surface area contributed by atoms with Gasteiger partial charge < -0.3 is 34.8 Å². The van der Waals surface area contributed by atoms with Gasteiger partial charge in [0.2, 0.25) is 5.95 Å². The minimum absolute atomic E-state index is 0. The number of anilines is 1. The molecule has 3 heterocycles. The number of aliphatic hydroxyl groups excluding tert-OH is 1. The number of rotatable bonds is 6. The summed E-state index contributed by atoms with van der Waals surface area (Å²) in [5.41, 5.74) is 4.97. The van der Waals surface area contributed by atoms with Crippen LogP contribution < -0.4 is 50.6 Å². The van der Waals surface area contributed by atoms with Gasteiger partial charge >= 0.3 is 29.6 Å². The van der Waals surface area contributed by atoms with Gasteiger partial charge in [-0.1, -0.05) is 0 Å². The number of nitrogens with one attached hydrogen (secondary N) is 1. The number of phosphoric ester groups is 1. The van der Waals surface area contributed by atoms with E-state index < -0.39 is 46.2 Å². The Kier molecular flexibility index (Phi) is 7.25. The smallest absolute Gasteiger partial charge is 0.756 e. The summed E-state index contributed by atoms with van der Waals surface area (Å²) in [5, 5.41) is 10.0. The van der Waals surface area contributed by atoms with E-state index in [4.69, 9.17) is 15.4 Å². The summed E-state index contributed by atoms with van der Waals surface area (Å²) in [4.78, 5) is 52.0. The van der Waals surface area contributed by atoms with E-state index in [0.29, 0.717) is 0 Å². The van der Waals surface area contributed by atoms with Crippen LogP contribution in [0.1, 0.15) is 12.6 Å². The maximum Gasteiger partial charge on any atom is 1.00 e. The van der Waals surface area contributed by atoms with Crippen LogP contribution in [-0.4, -0.2) is 48.3 Å². The van der Waals surface area contributed by atoms with Crippen molar-refractivity contribution < 1.29 is 72.0 Å². The molecule has 0 aromatic carbocycles. The number of aliphatic hydroxyl groups is 1. The topological polar surface area (TPSA) is 238 Å². The van der Waals surface area contributed by atoms with E-state index in [1.54, 1.807) is 0 Å². The Morgan fingerprint density at radius 1 is 1.46 bits per heavy atom. The Morgan fingerprint density at radius 3 is 2.79 bits per heavy atom. The zero-order valence-corrected chi connectivity index (χ0v) is 18.0. The van der Waals surface area contributed by atoms with E-state index in [1.807, 2.05) is 0 Å². The quantitative estimate of drug-likeness (QED) is 0.238. The van der Waals surface area contributed by atoms with E-state index in [2.05, 4.69) is 23.8 Å². The minimum atomic E-state index is -5.57. The van der Waals surface area contributed by atoms with Crippen LogP contribution in [-0.2, 0) is 22.7 Å². The third-order valence-electron chi connectivity index (χ3n) is 3.57. The average molecular weight is 448 g/mol. The molecule has 5 N–H and O–H groups in total. The first kappa shape index (κ1) is 23.6. The van der Waals surface area contributed by atoms with Gasteiger partial charge in [-0.15, -0.1) is 0 Å². The molecule has 15 nitrogen and oxygen atoms in total. The molecule has 0 radical (unpaired) electrons. The van der Waals surface area contributed by atoms with Crippen molar-refractivity contribution >= 4 is 32.8 Å². The molecule has 1 fully saturated rings. The van der Waals surface area contributed by atoms with Gasteiger partial charge in [-0.3, -0.25) is 23.5 Å². The number of fused-ring (bicyclic) bond motifs is 1. The number of phosphoric acid groups is 2. The number of H-pyrrole nitrogens is 1. The molecule has 18 heteroatoms. The molecule has 1 saturated heterocycles. The minimum Gasteiger partial charge on any atom is -0.756 e. The Labute approximate surface area is 178 Å². The Hall–Kier alpha value is -0.670. The SMILES string of the molecule is Nc1nc2c(ncn2[C@H]2C[C@H](O)[C@@H](COP(=O)([O-])OP(=O)([O-])O)O2)c(=O)[nH]1.[Na+]. The zero-order chi connectivity index (χ0) is 20.0. The van der Waals surface area contributed by atoms with Gasteiger partial charge in [0.1, 0.15) is 12.3 Å². The predicted molar refractivity (Wildman–Crippen MR) is 81.6 cm³/mol. The summed E-state index contributed by atoms with van der Waals surface area (Å²) in [6.07, 6.45) is -2.10. The maximum atomic E-state index is 11.8. The number of hydrogen-bond acceptors (Lipinski definition) is 12. The van der Waals surface area contributed by atoms with E-state index in [0.717, 1.165) is 0 Å². The van der Waals surface area contributed by atoms with Gasteiger partial charge in [-0.25, -0.2) is 9.29 Å². The van der Waals surface area contributed by atoms with Crippen LogP contribution in [0.3, 0.4) is 0 Å². The van der Waals surface area contributed by atoms with Gasteiger partial charge in [0.05, 0.1) is 19.0 Å². The fraction of sp³-hybridized carbons (Fsp3) is 0.500. The molecule has 2 unspecified atom stereocenters. The molecule has 150 valence electrons. The van der Waals surface area contributed by atoms with Crippen LogP contribution in [0.4, 0.5) is 5.95 Å². The molecular weight excluding hydrogens is 435 g/mol. The number of aromatic amines is 1. The molecule has 0 saturated carbocycles.